The van der Waals surface area contributed by atoms with Gasteiger partial charge in [-0.15, -0.1) is 0 Å². The van der Waals surface area contributed by atoms with Crippen LogP contribution < -0.4 is 0 Å². The normalized spacial score (nSPS) is 23.2. The van der Waals surface area contributed by atoms with Crippen molar-refractivity contribution >= 4 is 21.8 Å². The van der Waals surface area contributed by atoms with Crippen molar-refractivity contribution < 1.29 is 22.7 Å². The largest absolute Gasteiger partial charge is 0.454 e. The molecule has 2 bridgehead atoms. The predicted octanol–water partition coefficient (Wildman–Crippen LogP) is 5.89. The van der Waals surface area contributed by atoms with Gasteiger partial charge in [-0.05, 0) is 83.0 Å². The van der Waals surface area contributed by atoms with Crippen LogP contribution in [0, 0.1) is 10.8 Å². The zero-order valence-corrected chi connectivity index (χ0v) is 23.4. The number of carbonyl (C=O) groups excluding carboxylic acids is 2. The zero-order valence-electron chi connectivity index (χ0n) is 22.6. The Hall–Kier alpha value is -3.29. The van der Waals surface area contributed by atoms with Gasteiger partial charge in [0.25, 0.3) is 0 Å². The maximum Gasteiger partial charge on any atom is 0.338 e. The second kappa shape index (κ2) is 9.14. The molecule has 1 aliphatic heterocycles. The van der Waals surface area contributed by atoms with Crippen LogP contribution in [0.25, 0.3) is 11.1 Å². The molecule has 0 aromatic heterocycles. The molecule has 7 heteroatoms. The predicted molar refractivity (Wildman–Crippen MR) is 149 cm³/mol. The number of hydrogen-bond acceptors (Lipinski definition) is 5. The highest BCUT2D eigenvalue weighted by atomic mass is 32.2. The number of sulfonamides is 1. The molecule has 0 radical (unpaired) electrons. The van der Waals surface area contributed by atoms with Gasteiger partial charge in [0, 0.05) is 18.2 Å². The second-order valence-corrected chi connectivity index (χ2v) is 14.4. The molecule has 3 aliphatic rings. The molecule has 3 aromatic rings. The smallest absolute Gasteiger partial charge is 0.338 e. The van der Waals surface area contributed by atoms with Gasteiger partial charge in [-0.1, -0.05) is 63.2 Å². The Balaban J connectivity index is 1.16. The lowest BCUT2D eigenvalue weighted by Crippen LogP contribution is -2.37. The molecule has 0 spiro atoms. The summed E-state index contributed by atoms with van der Waals surface area (Å²) in [5.41, 5.74) is 5.18. The van der Waals surface area contributed by atoms with Crippen molar-refractivity contribution in [2.75, 3.05) is 13.2 Å². The molecule has 1 heterocycles. The van der Waals surface area contributed by atoms with Crippen LogP contribution in [0.1, 0.15) is 71.9 Å². The average molecular weight is 544 g/mol. The van der Waals surface area contributed by atoms with Crippen molar-refractivity contribution in [3.8, 4) is 11.1 Å². The highest BCUT2D eigenvalue weighted by molar-refractivity contribution is 7.89. The van der Waals surface area contributed by atoms with Gasteiger partial charge in [-0.3, -0.25) is 4.79 Å². The lowest BCUT2D eigenvalue weighted by molar-refractivity contribution is 0.0474. The van der Waals surface area contributed by atoms with E-state index in [-0.39, 0.29) is 33.1 Å². The van der Waals surface area contributed by atoms with Crippen LogP contribution in [-0.2, 0) is 21.2 Å². The monoisotopic (exact) mass is 543 g/mol. The van der Waals surface area contributed by atoms with E-state index in [4.69, 9.17) is 4.74 Å². The van der Waals surface area contributed by atoms with E-state index in [1.165, 1.54) is 29.3 Å². The van der Waals surface area contributed by atoms with Gasteiger partial charge in [-0.25, -0.2) is 13.2 Å². The number of nitrogens with zero attached hydrogens (tertiary/aromatic N) is 1. The Labute approximate surface area is 230 Å². The molecular formula is C32H33NO5S. The molecule has 202 valence electrons. The Bertz CT molecular complexity index is 1610. The number of rotatable bonds is 6. The van der Waals surface area contributed by atoms with Crippen molar-refractivity contribution in [2.45, 2.75) is 57.4 Å². The summed E-state index contributed by atoms with van der Waals surface area (Å²) >= 11 is 0. The quantitative estimate of drug-likeness (QED) is 0.224. The summed E-state index contributed by atoms with van der Waals surface area (Å²) in [7, 11) is -3.78. The maximum atomic E-state index is 13.7. The van der Waals surface area contributed by atoms with Gasteiger partial charge in [0.15, 0.2) is 12.4 Å². The molecule has 3 aromatic carbocycles. The highest BCUT2D eigenvalue weighted by Crippen LogP contribution is 2.53. The number of hydrogen-bond donors (Lipinski definition) is 0. The number of carbonyl (C=O) groups is 2. The lowest BCUT2D eigenvalue weighted by Gasteiger charge is -2.39. The average Bonchev–Trinajstić information content (AvgIpc) is 3.39. The number of fused-ring (bicyclic) bond motifs is 5. The van der Waals surface area contributed by atoms with Gasteiger partial charge in [0.05, 0.1) is 10.5 Å². The van der Waals surface area contributed by atoms with Crippen molar-refractivity contribution in [1.82, 2.24) is 4.31 Å². The van der Waals surface area contributed by atoms with Crippen molar-refractivity contribution in [3.05, 3.63) is 89.0 Å². The summed E-state index contributed by atoms with van der Waals surface area (Å²) in [5, 5.41) is 0. The van der Waals surface area contributed by atoms with Crippen LogP contribution in [0.4, 0.5) is 0 Å². The van der Waals surface area contributed by atoms with Crippen molar-refractivity contribution in [1.29, 1.82) is 0 Å². The van der Waals surface area contributed by atoms with Crippen LogP contribution in [0.2, 0.25) is 0 Å². The topological polar surface area (TPSA) is 80.8 Å². The number of esters is 1. The fourth-order valence-electron chi connectivity index (χ4n) is 7.20. The summed E-state index contributed by atoms with van der Waals surface area (Å²) in [6.45, 7) is 6.64. The molecule has 39 heavy (non-hydrogen) atoms. The third-order valence-corrected chi connectivity index (χ3v) is 10.4. The summed E-state index contributed by atoms with van der Waals surface area (Å²) in [6, 6.07) is 19.6. The first-order valence-corrected chi connectivity index (χ1v) is 14.9. The standard InChI is InChI=1S/C32H33NO5S/c1-31(2)16-25-17-32(3,19-31)20-33(25)39(36,37)26-9-6-8-24(14-26)30(35)38-18-29(34)23-12-11-22-13-21-7-4-5-10-27(21)28(22)15-23/h4-12,14-15,25H,13,16-20H2,1-3H3/t25-,32-/m0/s1. The van der Waals surface area contributed by atoms with E-state index in [1.807, 2.05) is 30.3 Å². The Morgan fingerprint density at radius 3 is 2.49 bits per heavy atom. The fourth-order valence-corrected chi connectivity index (χ4v) is 9.02. The van der Waals surface area contributed by atoms with Gasteiger partial charge in [0.2, 0.25) is 10.0 Å². The highest BCUT2D eigenvalue weighted by Gasteiger charge is 2.53. The number of benzene rings is 3. The number of ether oxygens (including phenoxy) is 1. The molecule has 1 saturated heterocycles. The molecule has 2 fully saturated rings. The van der Waals surface area contributed by atoms with E-state index < -0.39 is 22.6 Å². The maximum absolute atomic E-state index is 13.7. The van der Waals surface area contributed by atoms with Crippen molar-refractivity contribution in [3.63, 3.8) is 0 Å². The van der Waals surface area contributed by atoms with Gasteiger partial charge >= 0.3 is 5.97 Å². The van der Waals surface area contributed by atoms with Crippen LogP contribution in [0.3, 0.4) is 0 Å². The summed E-state index contributed by atoms with van der Waals surface area (Å²) in [5.74, 6) is -1.03. The van der Waals surface area contributed by atoms with Gasteiger partial charge in [-0.2, -0.15) is 4.31 Å². The lowest BCUT2D eigenvalue weighted by atomic mass is 9.65. The summed E-state index contributed by atoms with van der Waals surface area (Å²) in [4.78, 5) is 25.8. The van der Waals surface area contributed by atoms with E-state index >= 15 is 0 Å². The Morgan fingerprint density at radius 1 is 0.897 bits per heavy atom. The van der Waals surface area contributed by atoms with Gasteiger partial charge < -0.3 is 4.74 Å². The first kappa shape index (κ1) is 26.0. The molecule has 2 atom stereocenters. The first-order valence-electron chi connectivity index (χ1n) is 13.5. The van der Waals surface area contributed by atoms with E-state index in [0.29, 0.717) is 12.1 Å². The van der Waals surface area contributed by atoms with Crippen LogP contribution in [0.15, 0.2) is 71.6 Å². The molecule has 1 saturated carbocycles. The minimum absolute atomic E-state index is 0.0451. The summed E-state index contributed by atoms with van der Waals surface area (Å²) in [6.07, 6.45) is 3.50. The molecule has 2 aliphatic carbocycles. The Kier molecular flexibility index (Phi) is 6.08. The first-order chi connectivity index (χ1) is 18.4. The minimum atomic E-state index is -3.78. The van der Waals surface area contributed by atoms with Crippen LogP contribution in [0.5, 0.6) is 0 Å². The number of ketones is 1. The van der Waals surface area contributed by atoms with E-state index in [0.717, 1.165) is 36.8 Å². The minimum Gasteiger partial charge on any atom is -0.454 e. The van der Waals surface area contributed by atoms with E-state index in [9.17, 15) is 18.0 Å². The molecule has 0 unspecified atom stereocenters. The van der Waals surface area contributed by atoms with Crippen LogP contribution in [-0.4, -0.2) is 43.7 Å². The molecule has 6 nitrogen and oxygen atoms in total. The molecule has 0 amide bonds. The summed E-state index contributed by atoms with van der Waals surface area (Å²) < 4.78 is 34.3. The second-order valence-electron chi connectivity index (χ2n) is 12.5. The molecule has 0 N–H and O–H groups in total. The van der Waals surface area contributed by atoms with Gasteiger partial charge in [0.1, 0.15) is 0 Å². The molecular weight excluding hydrogens is 510 g/mol. The van der Waals surface area contributed by atoms with E-state index in [1.54, 1.807) is 16.4 Å². The Morgan fingerprint density at radius 2 is 1.67 bits per heavy atom. The SMILES string of the molecule is CC1(C)C[C@H]2C[C@](C)(CN2S(=O)(=O)c2cccc(C(=O)OCC(=O)c3ccc4c(c3)-c3ccccc3C4)c2)C1. The molecule has 6 rings (SSSR count). The third-order valence-electron chi connectivity index (χ3n) is 8.50. The van der Waals surface area contributed by atoms with E-state index in [2.05, 4.69) is 26.8 Å². The van der Waals surface area contributed by atoms with Crippen LogP contribution >= 0.6 is 0 Å². The number of Topliss-reactive ketones (excluding diaryl/α,β-unsaturated/α-hetero) is 1. The van der Waals surface area contributed by atoms with Crippen molar-refractivity contribution in [2.24, 2.45) is 10.8 Å². The third kappa shape index (κ3) is 4.72. The zero-order chi connectivity index (χ0) is 27.6. The fraction of sp³-hybridized carbons (Fsp3) is 0.375.